The molecule has 0 aliphatic carbocycles. The minimum atomic E-state index is -0.161. The minimum absolute atomic E-state index is 0.161. The number of hydrogen-bond donors (Lipinski definition) is 1. The van der Waals surface area contributed by atoms with Gasteiger partial charge < -0.3 is 10.2 Å². The van der Waals surface area contributed by atoms with Crippen LogP contribution in [0.1, 0.15) is 33.7 Å². The Morgan fingerprint density at radius 2 is 2.17 bits per heavy atom. The topological polar surface area (TPSA) is 71.0 Å². The van der Waals surface area contributed by atoms with E-state index in [0.717, 1.165) is 44.0 Å². The van der Waals surface area contributed by atoms with E-state index in [4.69, 9.17) is 0 Å². The van der Waals surface area contributed by atoms with Crippen LogP contribution in [0.3, 0.4) is 0 Å². The molecule has 2 aromatic rings. The average molecular weight is 323 g/mol. The van der Waals surface area contributed by atoms with Gasteiger partial charge in [0.15, 0.2) is 0 Å². The van der Waals surface area contributed by atoms with Gasteiger partial charge >= 0.3 is 0 Å². The van der Waals surface area contributed by atoms with Crippen molar-refractivity contribution in [2.24, 2.45) is 0 Å². The van der Waals surface area contributed by atoms with Gasteiger partial charge in [-0.2, -0.15) is 0 Å². The lowest BCUT2D eigenvalue weighted by atomic mass is 10.1. The summed E-state index contributed by atoms with van der Waals surface area (Å²) in [5, 5.41) is 3.36. The highest BCUT2D eigenvalue weighted by Gasteiger charge is 2.18. The second-order valence-electron chi connectivity index (χ2n) is 5.79. The van der Waals surface area contributed by atoms with E-state index in [9.17, 15) is 4.79 Å². The molecule has 24 heavy (non-hydrogen) atoms. The fraction of sp³-hybridized carbons (Fsp3) is 0.333. The molecule has 0 aromatic carbocycles. The van der Waals surface area contributed by atoms with E-state index in [1.165, 1.54) is 6.20 Å². The average Bonchev–Trinajstić information content (AvgIpc) is 2.91. The molecule has 0 saturated carbocycles. The Morgan fingerprint density at radius 3 is 3.00 bits per heavy atom. The SMILES string of the molecule is C=Cc1cnc(C)c(C(=O)c2cncc(N3CCCNCC3)n2)c1. The van der Waals surface area contributed by atoms with Crippen LogP contribution >= 0.6 is 0 Å². The lowest BCUT2D eigenvalue weighted by molar-refractivity contribution is 0.103. The largest absolute Gasteiger partial charge is 0.354 e. The van der Waals surface area contributed by atoms with Crippen molar-refractivity contribution in [1.82, 2.24) is 20.3 Å². The number of anilines is 1. The van der Waals surface area contributed by atoms with Gasteiger partial charge in [-0.05, 0) is 31.5 Å². The van der Waals surface area contributed by atoms with E-state index < -0.39 is 0 Å². The van der Waals surface area contributed by atoms with E-state index in [-0.39, 0.29) is 5.78 Å². The highest BCUT2D eigenvalue weighted by molar-refractivity contribution is 6.08. The van der Waals surface area contributed by atoms with E-state index in [1.54, 1.807) is 24.5 Å². The van der Waals surface area contributed by atoms with Crippen LogP contribution in [-0.2, 0) is 0 Å². The first-order chi connectivity index (χ1) is 11.7. The molecule has 3 heterocycles. The van der Waals surface area contributed by atoms with Gasteiger partial charge in [-0.1, -0.05) is 12.7 Å². The molecule has 124 valence electrons. The smallest absolute Gasteiger partial charge is 0.214 e. The van der Waals surface area contributed by atoms with Crippen LogP contribution in [0.4, 0.5) is 5.82 Å². The Kier molecular flexibility index (Phi) is 4.96. The van der Waals surface area contributed by atoms with Crippen molar-refractivity contribution in [3.05, 3.63) is 53.8 Å². The van der Waals surface area contributed by atoms with Crippen molar-refractivity contribution >= 4 is 17.7 Å². The van der Waals surface area contributed by atoms with E-state index >= 15 is 0 Å². The standard InChI is InChI=1S/C18H21N5O/c1-3-14-9-15(13(2)21-10-14)18(24)16-11-20-12-17(22-16)23-7-4-5-19-6-8-23/h3,9-12,19H,1,4-8H2,2H3. The Bertz CT molecular complexity index is 751. The van der Waals surface area contributed by atoms with Gasteiger partial charge in [-0.3, -0.25) is 14.8 Å². The van der Waals surface area contributed by atoms with Crippen molar-refractivity contribution < 1.29 is 4.79 Å². The van der Waals surface area contributed by atoms with Crippen LogP contribution in [0.25, 0.3) is 6.08 Å². The zero-order chi connectivity index (χ0) is 16.9. The molecule has 2 aromatic heterocycles. The molecule has 0 radical (unpaired) electrons. The van der Waals surface area contributed by atoms with Crippen molar-refractivity contribution in [1.29, 1.82) is 0 Å². The maximum Gasteiger partial charge on any atom is 0.214 e. The zero-order valence-corrected chi connectivity index (χ0v) is 13.8. The number of nitrogens with zero attached hydrogens (tertiary/aromatic N) is 4. The quantitative estimate of drug-likeness (QED) is 0.866. The van der Waals surface area contributed by atoms with E-state index in [2.05, 4.69) is 31.7 Å². The number of ketones is 1. The molecular weight excluding hydrogens is 302 g/mol. The summed E-state index contributed by atoms with van der Waals surface area (Å²) in [7, 11) is 0. The lowest BCUT2D eigenvalue weighted by Crippen LogP contribution is -2.29. The first-order valence-electron chi connectivity index (χ1n) is 8.10. The normalized spacial score (nSPS) is 15.0. The predicted molar refractivity (Wildman–Crippen MR) is 94.2 cm³/mol. The Hall–Kier alpha value is -2.60. The predicted octanol–water partition coefficient (Wildman–Crippen LogP) is 1.85. The number of aromatic nitrogens is 3. The van der Waals surface area contributed by atoms with Gasteiger partial charge in [0.1, 0.15) is 11.5 Å². The molecule has 0 unspecified atom stereocenters. The van der Waals surface area contributed by atoms with Crippen molar-refractivity contribution in [2.45, 2.75) is 13.3 Å². The third kappa shape index (κ3) is 3.49. The maximum atomic E-state index is 12.8. The highest BCUT2D eigenvalue weighted by atomic mass is 16.1. The summed E-state index contributed by atoms with van der Waals surface area (Å²) in [4.78, 5) is 28.0. The summed E-state index contributed by atoms with van der Waals surface area (Å²) < 4.78 is 0. The second-order valence-corrected chi connectivity index (χ2v) is 5.79. The first kappa shape index (κ1) is 16.3. The van der Waals surface area contributed by atoms with Crippen molar-refractivity contribution in [3.8, 4) is 0 Å². The molecule has 1 saturated heterocycles. The molecule has 1 aliphatic rings. The third-order valence-electron chi connectivity index (χ3n) is 4.11. The molecule has 0 amide bonds. The fourth-order valence-corrected chi connectivity index (χ4v) is 2.72. The summed E-state index contributed by atoms with van der Waals surface area (Å²) >= 11 is 0. The summed E-state index contributed by atoms with van der Waals surface area (Å²) in [5.41, 5.74) is 2.37. The van der Waals surface area contributed by atoms with Crippen LogP contribution in [-0.4, -0.2) is 46.9 Å². The number of aryl methyl sites for hydroxylation is 1. The Morgan fingerprint density at radius 1 is 1.29 bits per heavy atom. The summed E-state index contributed by atoms with van der Waals surface area (Å²) in [6.45, 7) is 9.22. The molecule has 0 bridgehead atoms. The summed E-state index contributed by atoms with van der Waals surface area (Å²) in [6.07, 6.45) is 7.65. The van der Waals surface area contributed by atoms with Crippen LogP contribution in [0.5, 0.6) is 0 Å². The van der Waals surface area contributed by atoms with Crippen molar-refractivity contribution in [3.63, 3.8) is 0 Å². The molecule has 3 rings (SSSR count). The number of carbonyl (C=O) groups is 1. The van der Waals surface area contributed by atoms with Crippen LogP contribution in [0.15, 0.2) is 31.2 Å². The number of hydrogen-bond acceptors (Lipinski definition) is 6. The molecule has 0 spiro atoms. The molecule has 6 nitrogen and oxygen atoms in total. The monoisotopic (exact) mass is 323 g/mol. The Labute approximate surface area is 141 Å². The number of pyridine rings is 1. The molecule has 6 heteroatoms. The molecule has 0 atom stereocenters. The van der Waals surface area contributed by atoms with Gasteiger partial charge in [0.2, 0.25) is 5.78 Å². The van der Waals surface area contributed by atoms with E-state index in [1.807, 2.05) is 6.92 Å². The number of nitrogens with one attached hydrogen (secondary N) is 1. The zero-order valence-electron chi connectivity index (χ0n) is 13.8. The van der Waals surface area contributed by atoms with Crippen LogP contribution in [0, 0.1) is 6.92 Å². The minimum Gasteiger partial charge on any atom is -0.354 e. The van der Waals surface area contributed by atoms with Crippen LogP contribution < -0.4 is 10.2 Å². The third-order valence-corrected chi connectivity index (χ3v) is 4.11. The number of carbonyl (C=O) groups excluding carboxylic acids is 1. The second kappa shape index (κ2) is 7.31. The lowest BCUT2D eigenvalue weighted by Gasteiger charge is -2.20. The van der Waals surface area contributed by atoms with Gasteiger partial charge in [0, 0.05) is 37.1 Å². The molecule has 1 aliphatic heterocycles. The fourth-order valence-electron chi connectivity index (χ4n) is 2.72. The molecular formula is C18H21N5O. The maximum absolute atomic E-state index is 12.8. The first-order valence-corrected chi connectivity index (χ1v) is 8.10. The van der Waals surface area contributed by atoms with E-state index in [0.29, 0.717) is 17.0 Å². The van der Waals surface area contributed by atoms with Gasteiger partial charge in [-0.15, -0.1) is 0 Å². The Balaban J connectivity index is 1.90. The van der Waals surface area contributed by atoms with Crippen LogP contribution in [0.2, 0.25) is 0 Å². The highest BCUT2D eigenvalue weighted by Crippen LogP contribution is 2.16. The molecule has 1 fully saturated rings. The summed E-state index contributed by atoms with van der Waals surface area (Å²) in [6, 6.07) is 1.79. The van der Waals surface area contributed by atoms with Crippen molar-refractivity contribution in [2.75, 3.05) is 31.1 Å². The number of rotatable bonds is 4. The van der Waals surface area contributed by atoms with Gasteiger partial charge in [0.25, 0.3) is 0 Å². The molecule has 1 N–H and O–H groups in total. The van der Waals surface area contributed by atoms with Gasteiger partial charge in [0.05, 0.1) is 12.4 Å². The van der Waals surface area contributed by atoms with Gasteiger partial charge in [-0.25, -0.2) is 4.98 Å². The summed E-state index contributed by atoms with van der Waals surface area (Å²) in [5.74, 6) is 0.584.